The van der Waals surface area contributed by atoms with Crippen LogP contribution in [0, 0.1) is 6.92 Å². The van der Waals surface area contributed by atoms with Crippen LogP contribution in [0.1, 0.15) is 17.7 Å². The van der Waals surface area contributed by atoms with Crippen LogP contribution in [-0.2, 0) is 4.74 Å². The third-order valence-corrected chi connectivity index (χ3v) is 4.62. The van der Waals surface area contributed by atoms with Crippen LogP contribution in [-0.4, -0.2) is 49.3 Å². The molecule has 0 spiro atoms. The highest BCUT2D eigenvalue weighted by atomic mass is 32.1. The van der Waals surface area contributed by atoms with Crippen molar-refractivity contribution in [3.63, 3.8) is 0 Å². The molecule has 6 heteroatoms. The van der Waals surface area contributed by atoms with E-state index in [0.717, 1.165) is 30.7 Å². The molecule has 110 valence electrons. The summed E-state index contributed by atoms with van der Waals surface area (Å²) in [5.74, 6) is 0. The third-order valence-electron chi connectivity index (χ3n) is 3.70. The number of hydrogen-bond acceptors (Lipinski definition) is 4. The predicted molar refractivity (Wildman–Crippen MR) is 80.4 cm³/mol. The van der Waals surface area contributed by atoms with Gasteiger partial charge in [-0.25, -0.2) is 4.79 Å². The van der Waals surface area contributed by atoms with Crippen molar-refractivity contribution in [2.75, 3.05) is 31.6 Å². The van der Waals surface area contributed by atoms with Crippen molar-refractivity contribution in [2.45, 2.75) is 31.9 Å². The lowest BCUT2D eigenvalue weighted by atomic mass is 10.2. The SMILES string of the molecule is Cc1ccc(NC(=O)NC[C@@H]2CN(C3CC3)CCO2)s1. The Labute approximate surface area is 123 Å². The molecule has 2 N–H and O–H groups in total. The highest BCUT2D eigenvalue weighted by Crippen LogP contribution is 2.28. The first-order valence-corrected chi connectivity index (χ1v) is 7.99. The van der Waals surface area contributed by atoms with Crippen molar-refractivity contribution < 1.29 is 9.53 Å². The second-order valence-electron chi connectivity index (χ2n) is 5.46. The number of morpholine rings is 1. The molecule has 2 amide bonds. The first-order chi connectivity index (χ1) is 9.70. The number of amides is 2. The summed E-state index contributed by atoms with van der Waals surface area (Å²) in [4.78, 5) is 15.5. The van der Waals surface area contributed by atoms with Gasteiger partial charge in [-0.3, -0.25) is 10.2 Å². The van der Waals surface area contributed by atoms with Crippen LogP contribution in [0.15, 0.2) is 12.1 Å². The van der Waals surface area contributed by atoms with E-state index >= 15 is 0 Å². The molecule has 1 saturated carbocycles. The van der Waals surface area contributed by atoms with Gasteiger partial charge in [0.15, 0.2) is 0 Å². The number of urea groups is 1. The van der Waals surface area contributed by atoms with Gasteiger partial charge in [0, 0.05) is 30.6 Å². The average molecular weight is 295 g/mol. The molecule has 1 aliphatic heterocycles. The van der Waals surface area contributed by atoms with Gasteiger partial charge in [0.25, 0.3) is 0 Å². The number of hydrogen-bond donors (Lipinski definition) is 2. The van der Waals surface area contributed by atoms with Crippen LogP contribution in [0.5, 0.6) is 0 Å². The Kier molecular flexibility index (Phi) is 4.24. The minimum atomic E-state index is -0.154. The van der Waals surface area contributed by atoms with E-state index in [-0.39, 0.29) is 12.1 Å². The maximum atomic E-state index is 11.8. The van der Waals surface area contributed by atoms with Crippen LogP contribution in [0.3, 0.4) is 0 Å². The van der Waals surface area contributed by atoms with Crippen molar-refractivity contribution in [2.24, 2.45) is 0 Å². The Balaban J connectivity index is 1.40. The van der Waals surface area contributed by atoms with Gasteiger partial charge in [-0.15, -0.1) is 11.3 Å². The molecule has 2 aliphatic rings. The molecule has 0 radical (unpaired) electrons. The van der Waals surface area contributed by atoms with Gasteiger partial charge in [0.1, 0.15) is 0 Å². The fourth-order valence-electron chi connectivity index (χ4n) is 2.50. The van der Waals surface area contributed by atoms with E-state index in [2.05, 4.69) is 15.5 Å². The standard InChI is InChI=1S/C14H21N3O2S/c1-10-2-5-13(20-10)16-14(18)15-8-12-9-17(6-7-19-12)11-3-4-11/h2,5,11-12H,3-4,6-9H2,1H3,(H2,15,16,18)/t12-/m1/s1. The molecule has 0 unspecified atom stereocenters. The first-order valence-electron chi connectivity index (χ1n) is 7.17. The third kappa shape index (κ3) is 3.71. The van der Waals surface area contributed by atoms with E-state index < -0.39 is 0 Å². The van der Waals surface area contributed by atoms with E-state index in [0.29, 0.717) is 6.54 Å². The lowest BCUT2D eigenvalue weighted by Crippen LogP contribution is -2.48. The van der Waals surface area contributed by atoms with Crippen LogP contribution < -0.4 is 10.6 Å². The molecule has 0 bridgehead atoms. The smallest absolute Gasteiger partial charge is 0.319 e. The van der Waals surface area contributed by atoms with Crippen molar-refractivity contribution in [1.82, 2.24) is 10.2 Å². The number of thiophene rings is 1. The number of carbonyl (C=O) groups excluding carboxylic acids is 1. The van der Waals surface area contributed by atoms with Crippen molar-refractivity contribution in [3.05, 3.63) is 17.0 Å². The summed E-state index contributed by atoms with van der Waals surface area (Å²) in [7, 11) is 0. The van der Waals surface area contributed by atoms with Gasteiger partial charge in [0.05, 0.1) is 17.7 Å². The van der Waals surface area contributed by atoms with Gasteiger partial charge >= 0.3 is 6.03 Å². The molecule has 1 aliphatic carbocycles. The Morgan fingerprint density at radius 1 is 1.50 bits per heavy atom. The Bertz CT molecular complexity index is 473. The zero-order valence-corrected chi connectivity index (χ0v) is 12.5. The summed E-state index contributed by atoms with van der Waals surface area (Å²) in [6, 6.07) is 4.53. The number of carbonyl (C=O) groups is 1. The van der Waals surface area contributed by atoms with Crippen LogP contribution >= 0.6 is 11.3 Å². The number of rotatable bonds is 4. The molecule has 2 fully saturated rings. The second kappa shape index (κ2) is 6.11. The predicted octanol–water partition coefficient (Wildman–Crippen LogP) is 2.04. The van der Waals surface area contributed by atoms with Gasteiger partial charge in [-0.1, -0.05) is 0 Å². The second-order valence-corrected chi connectivity index (χ2v) is 6.75. The Morgan fingerprint density at radius 2 is 2.35 bits per heavy atom. The summed E-state index contributed by atoms with van der Waals surface area (Å²) in [5, 5.41) is 6.62. The topological polar surface area (TPSA) is 53.6 Å². The lowest BCUT2D eigenvalue weighted by Gasteiger charge is -2.33. The van der Waals surface area contributed by atoms with Gasteiger partial charge < -0.3 is 10.1 Å². The van der Waals surface area contributed by atoms with Crippen LogP contribution in [0.4, 0.5) is 9.80 Å². The highest BCUT2D eigenvalue weighted by Gasteiger charge is 2.32. The quantitative estimate of drug-likeness (QED) is 0.894. The molecule has 5 nitrogen and oxygen atoms in total. The zero-order valence-electron chi connectivity index (χ0n) is 11.7. The molecule has 1 aromatic rings. The van der Waals surface area contributed by atoms with Crippen molar-refractivity contribution in [1.29, 1.82) is 0 Å². The van der Waals surface area contributed by atoms with Gasteiger partial charge in [-0.2, -0.15) is 0 Å². The highest BCUT2D eigenvalue weighted by molar-refractivity contribution is 7.16. The van der Waals surface area contributed by atoms with E-state index in [9.17, 15) is 4.79 Å². The normalized spacial score (nSPS) is 23.6. The number of nitrogens with one attached hydrogen (secondary N) is 2. The van der Waals surface area contributed by atoms with Gasteiger partial charge in [-0.05, 0) is 31.9 Å². The van der Waals surface area contributed by atoms with E-state index in [4.69, 9.17) is 4.74 Å². The minimum Gasteiger partial charge on any atom is -0.374 e. The largest absolute Gasteiger partial charge is 0.374 e. The maximum absolute atomic E-state index is 11.8. The van der Waals surface area contributed by atoms with Crippen molar-refractivity contribution in [3.8, 4) is 0 Å². The van der Waals surface area contributed by atoms with Crippen LogP contribution in [0.25, 0.3) is 0 Å². The molecule has 1 atom stereocenters. The molecule has 1 aromatic heterocycles. The fourth-order valence-corrected chi connectivity index (χ4v) is 3.26. The maximum Gasteiger partial charge on any atom is 0.319 e. The van der Waals surface area contributed by atoms with E-state index in [1.807, 2.05) is 19.1 Å². The number of anilines is 1. The van der Waals surface area contributed by atoms with E-state index in [1.165, 1.54) is 17.7 Å². The zero-order chi connectivity index (χ0) is 13.9. The summed E-state index contributed by atoms with van der Waals surface area (Å²) in [6.07, 6.45) is 2.75. The van der Waals surface area contributed by atoms with E-state index in [1.54, 1.807) is 11.3 Å². The molecule has 20 heavy (non-hydrogen) atoms. The molecule has 0 aromatic carbocycles. The summed E-state index contributed by atoms with van der Waals surface area (Å²) in [5.41, 5.74) is 0. The molecule has 1 saturated heterocycles. The number of ether oxygens (including phenoxy) is 1. The number of aryl methyl sites for hydroxylation is 1. The summed E-state index contributed by atoms with van der Waals surface area (Å²) >= 11 is 1.58. The molecular formula is C14H21N3O2S. The monoisotopic (exact) mass is 295 g/mol. The summed E-state index contributed by atoms with van der Waals surface area (Å²) in [6.45, 7) is 5.33. The summed E-state index contributed by atoms with van der Waals surface area (Å²) < 4.78 is 5.71. The first kappa shape index (κ1) is 13.9. The Morgan fingerprint density at radius 3 is 3.05 bits per heavy atom. The fraction of sp³-hybridized carbons (Fsp3) is 0.643. The van der Waals surface area contributed by atoms with Gasteiger partial charge in [0.2, 0.25) is 0 Å². The Hall–Kier alpha value is -1.11. The lowest BCUT2D eigenvalue weighted by molar-refractivity contribution is -0.0286. The average Bonchev–Trinajstić information content (AvgIpc) is 3.21. The van der Waals surface area contributed by atoms with Crippen molar-refractivity contribution >= 4 is 22.4 Å². The minimum absolute atomic E-state index is 0.111. The van der Waals surface area contributed by atoms with Crippen LogP contribution in [0.2, 0.25) is 0 Å². The molecule has 3 rings (SSSR count). The molecule has 2 heterocycles. The molecular weight excluding hydrogens is 274 g/mol. The number of nitrogens with zero attached hydrogens (tertiary/aromatic N) is 1.